The summed E-state index contributed by atoms with van der Waals surface area (Å²) in [6.07, 6.45) is -2.23. The van der Waals surface area contributed by atoms with Gasteiger partial charge in [0.1, 0.15) is 35.1 Å². The molecule has 3 aliphatic heterocycles. The summed E-state index contributed by atoms with van der Waals surface area (Å²) in [5.41, 5.74) is 4.47. The van der Waals surface area contributed by atoms with Crippen LogP contribution in [-0.4, -0.2) is 48.4 Å². The first kappa shape index (κ1) is 37.8. The molecule has 1 aromatic heterocycles. The number of hydrogen-bond donors (Lipinski definition) is 0. The maximum Gasteiger partial charge on any atom is 0.388 e. The number of ether oxygens (including phenoxy) is 5. The largest absolute Gasteiger partial charge is 0.399 e. The molecule has 2 aromatic carbocycles. The van der Waals surface area contributed by atoms with Gasteiger partial charge >= 0.3 is 8.24 Å². The molecule has 4 heterocycles. The van der Waals surface area contributed by atoms with E-state index in [0.717, 1.165) is 33.1 Å². The average molecular weight is 713 g/mol. The van der Waals surface area contributed by atoms with Gasteiger partial charge in [-0.1, -0.05) is 95.2 Å². The van der Waals surface area contributed by atoms with Crippen LogP contribution in [0.5, 0.6) is 0 Å². The Bertz CT molecular complexity index is 1730. The normalized spacial score (nSPS) is 28.5. The molecule has 5 atom stereocenters. The third-order valence-corrected chi connectivity index (χ3v) is 11.5. The lowest BCUT2D eigenvalue weighted by Gasteiger charge is -2.35. The smallest absolute Gasteiger partial charge is 0.388 e. The van der Waals surface area contributed by atoms with Gasteiger partial charge in [-0.15, -0.1) is 0 Å². The zero-order valence-corrected chi connectivity index (χ0v) is 34.4. The van der Waals surface area contributed by atoms with Crippen molar-refractivity contribution >= 4 is 30.2 Å². The highest BCUT2D eigenvalue weighted by Crippen LogP contribution is 2.51. The van der Waals surface area contributed by atoms with Crippen LogP contribution in [0.4, 0.5) is 0 Å². The Hall–Kier alpha value is -1.90. The Morgan fingerprint density at radius 2 is 1.08 bits per heavy atom. The molecule has 3 aliphatic rings. The quantitative estimate of drug-likeness (QED) is 0.265. The van der Waals surface area contributed by atoms with Crippen molar-refractivity contribution in [2.75, 3.05) is 6.61 Å². The summed E-state index contributed by atoms with van der Waals surface area (Å²) in [6.45, 7) is 36.9. The third kappa shape index (κ3) is 6.96. The molecule has 0 bridgehead atoms. The molecule has 0 amide bonds. The minimum absolute atomic E-state index is 0.0985. The molecule has 278 valence electrons. The van der Waals surface area contributed by atoms with E-state index in [9.17, 15) is 0 Å². The first-order valence-electron chi connectivity index (χ1n) is 18.2. The van der Waals surface area contributed by atoms with Crippen LogP contribution in [0.1, 0.15) is 140 Å². The Kier molecular flexibility index (Phi) is 8.93. The highest BCUT2D eigenvalue weighted by molar-refractivity contribution is 7.31. The monoisotopic (exact) mass is 712 g/mol. The molecule has 6 rings (SSSR count). The molecular weight excluding hydrogens is 651 g/mol. The summed E-state index contributed by atoms with van der Waals surface area (Å²) in [6, 6.07) is 9.20. The van der Waals surface area contributed by atoms with E-state index < -0.39 is 50.0 Å². The van der Waals surface area contributed by atoms with Crippen molar-refractivity contribution in [2.24, 2.45) is 0 Å². The standard InChI is InChI=1S/C41H61O8P/c1-35(2,3)23-18-25-26-19-24(36(4,5)6)21-28(38(10,11)12)31(26)48-50(47-30(25)27(20-23)37(7,8)9)49-41(17)32(29-22-42-39(13,14)44-29)43-34-33(41)45-40(15,16)46-34/h18-21,29,32-34H,22H2,1-17H3/t29-,32-,33+,34-,41+/m1/s1. The number of hydrogen-bond acceptors (Lipinski definition) is 8. The molecule has 0 aliphatic carbocycles. The van der Waals surface area contributed by atoms with Gasteiger partial charge < -0.3 is 32.1 Å². The highest BCUT2D eigenvalue weighted by atomic mass is 31.1. The molecule has 8 nitrogen and oxygen atoms in total. The van der Waals surface area contributed by atoms with Crippen molar-refractivity contribution in [1.29, 1.82) is 0 Å². The van der Waals surface area contributed by atoms with Crippen LogP contribution >= 0.6 is 8.24 Å². The van der Waals surface area contributed by atoms with Gasteiger partial charge in [0.25, 0.3) is 0 Å². The van der Waals surface area contributed by atoms with E-state index in [0.29, 0.717) is 6.61 Å². The van der Waals surface area contributed by atoms with Crippen molar-refractivity contribution in [1.82, 2.24) is 0 Å². The van der Waals surface area contributed by atoms with Gasteiger partial charge in [-0.25, -0.2) is 0 Å². The fourth-order valence-electron chi connectivity index (χ4n) is 7.28. The van der Waals surface area contributed by atoms with Crippen LogP contribution in [0.2, 0.25) is 0 Å². The predicted octanol–water partition coefficient (Wildman–Crippen LogP) is 10.7. The van der Waals surface area contributed by atoms with Crippen LogP contribution < -0.4 is 4.52 Å². The van der Waals surface area contributed by atoms with E-state index in [1.54, 1.807) is 0 Å². The summed E-state index contributed by atoms with van der Waals surface area (Å²) in [5, 5.41) is 2.03. The molecule has 3 fully saturated rings. The van der Waals surface area contributed by atoms with E-state index in [1.165, 1.54) is 11.1 Å². The first-order valence-corrected chi connectivity index (χ1v) is 19.3. The first-order chi connectivity index (χ1) is 22.6. The van der Waals surface area contributed by atoms with Crippen molar-refractivity contribution in [3.05, 3.63) is 46.5 Å². The average Bonchev–Trinajstić information content (AvgIpc) is 3.49. The minimum Gasteiger partial charge on any atom is -0.399 e. The van der Waals surface area contributed by atoms with Crippen LogP contribution in [0.3, 0.4) is 0 Å². The van der Waals surface area contributed by atoms with E-state index >= 15 is 0 Å². The van der Waals surface area contributed by atoms with Gasteiger partial charge in [0.15, 0.2) is 17.9 Å². The van der Waals surface area contributed by atoms with E-state index in [1.807, 2.05) is 34.6 Å². The van der Waals surface area contributed by atoms with Gasteiger partial charge in [-0.3, -0.25) is 4.52 Å². The second kappa shape index (κ2) is 11.8. The topological polar surface area (TPSA) is 81.7 Å². The Morgan fingerprint density at radius 1 is 0.600 bits per heavy atom. The van der Waals surface area contributed by atoms with Crippen LogP contribution in [0.25, 0.3) is 21.9 Å². The van der Waals surface area contributed by atoms with Crippen molar-refractivity contribution in [3.63, 3.8) is 0 Å². The molecule has 0 saturated carbocycles. The molecule has 0 radical (unpaired) electrons. The van der Waals surface area contributed by atoms with Crippen LogP contribution in [0.15, 0.2) is 32.7 Å². The third-order valence-electron chi connectivity index (χ3n) is 10.3. The molecule has 50 heavy (non-hydrogen) atoms. The summed E-state index contributed by atoms with van der Waals surface area (Å²) < 4.78 is 53.3. The predicted molar refractivity (Wildman–Crippen MR) is 200 cm³/mol. The van der Waals surface area contributed by atoms with Crippen molar-refractivity contribution in [3.8, 4) is 0 Å². The van der Waals surface area contributed by atoms with Crippen LogP contribution in [0, 0.1) is 0 Å². The zero-order chi connectivity index (χ0) is 37.2. The lowest BCUT2D eigenvalue weighted by Crippen LogP contribution is -2.55. The fraction of sp³-hybridized carbons (Fsp3) is 0.707. The van der Waals surface area contributed by atoms with Crippen LogP contribution in [-0.2, 0) is 45.3 Å². The lowest BCUT2D eigenvalue weighted by molar-refractivity contribution is -0.239. The number of rotatable bonds is 3. The van der Waals surface area contributed by atoms with Gasteiger partial charge in [0.05, 0.1) is 6.61 Å². The van der Waals surface area contributed by atoms with Gasteiger partial charge in [0.2, 0.25) is 0 Å². The lowest BCUT2D eigenvalue weighted by atomic mass is 9.77. The number of benzene rings is 2. The molecular formula is C41H61O8P. The molecule has 0 unspecified atom stereocenters. The summed E-state index contributed by atoms with van der Waals surface area (Å²) in [7, 11) is -2.06. The number of fused-ring (bicyclic) bond motifs is 4. The maximum absolute atomic E-state index is 7.22. The van der Waals surface area contributed by atoms with Gasteiger partial charge in [0, 0.05) is 21.9 Å². The summed E-state index contributed by atoms with van der Waals surface area (Å²) in [4.78, 5) is 0. The minimum atomic E-state index is -2.06. The van der Waals surface area contributed by atoms with Crippen molar-refractivity contribution in [2.45, 2.75) is 181 Å². The second-order valence-corrected chi connectivity index (χ2v) is 20.8. The van der Waals surface area contributed by atoms with E-state index in [4.69, 9.17) is 36.6 Å². The fourth-order valence-corrected chi connectivity index (χ4v) is 8.62. The summed E-state index contributed by atoms with van der Waals surface area (Å²) in [5.74, 6) is -1.62. The molecule has 9 heteroatoms. The molecule has 0 spiro atoms. The second-order valence-electron chi connectivity index (χ2n) is 19.8. The Labute approximate surface area is 300 Å². The molecule has 3 aromatic rings. The van der Waals surface area contributed by atoms with Gasteiger partial charge in [-0.2, -0.15) is 0 Å². The van der Waals surface area contributed by atoms with Crippen molar-refractivity contribution < 1.29 is 36.6 Å². The maximum atomic E-state index is 7.22. The molecule has 3 saturated heterocycles. The van der Waals surface area contributed by atoms with E-state index in [-0.39, 0.29) is 21.7 Å². The SMILES string of the molecule is CC1(C)OC[C@H]([C@H]2O[C@@H]3OC(C)(C)O[C@@H]3[C@@]2(C)Op2oc3c(C(C)(C)C)cc(C(C)(C)C)cc3c3cc(C(C)(C)C)cc(C(C)(C)C)c3o2)O1. The van der Waals surface area contributed by atoms with E-state index in [2.05, 4.69) is 107 Å². The summed E-state index contributed by atoms with van der Waals surface area (Å²) >= 11 is 0. The molecule has 0 N–H and O–H groups in total. The zero-order valence-electron chi connectivity index (χ0n) is 33.5. The van der Waals surface area contributed by atoms with Gasteiger partial charge in [-0.05, 0) is 79.5 Å². The Balaban J connectivity index is 1.70. The Morgan fingerprint density at radius 3 is 1.48 bits per heavy atom. The highest BCUT2D eigenvalue weighted by Gasteiger charge is 2.66.